The molecule has 0 radical (unpaired) electrons. The van der Waals surface area contributed by atoms with Gasteiger partial charge in [0.15, 0.2) is 0 Å². The first-order valence-corrected chi connectivity index (χ1v) is 7.85. The molecule has 0 saturated carbocycles. The summed E-state index contributed by atoms with van der Waals surface area (Å²) < 4.78 is 0. The van der Waals surface area contributed by atoms with E-state index in [1.807, 2.05) is 4.90 Å². The lowest BCUT2D eigenvalue weighted by atomic mass is 10.0. The summed E-state index contributed by atoms with van der Waals surface area (Å²) in [5.41, 5.74) is 1.16. The molecule has 2 heterocycles. The Balaban J connectivity index is 1.78. The van der Waals surface area contributed by atoms with Crippen LogP contribution < -0.4 is 4.90 Å². The third-order valence-corrected chi connectivity index (χ3v) is 4.49. The smallest absolute Gasteiger partial charge is 0.254 e. The lowest BCUT2D eigenvalue weighted by Crippen LogP contribution is -2.42. The zero-order chi connectivity index (χ0) is 15.7. The van der Waals surface area contributed by atoms with Gasteiger partial charge in [-0.3, -0.25) is 19.3 Å². The van der Waals surface area contributed by atoms with E-state index in [2.05, 4.69) is 6.92 Å². The lowest BCUT2D eigenvalue weighted by molar-refractivity contribution is -0.121. The summed E-state index contributed by atoms with van der Waals surface area (Å²) in [5.74, 6) is -0.319. The molecule has 0 spiro atoms. The van der Waals surface area contributed by atoms with Gasteiger partial charge >= 0.3 is 0 Å². The maximum atomic E-state index is 12.5. The van der Waals surface area contributed by atoms with Crippen LogP contribution >= 0.6 is 0 Å². The molecule has 2 fully saturated rings. The summed E-state index contributed by atoms with van der Waals surface area (Å²) in [6.07, 6.45) is 3.80. The van der Waals surface area contributed by atoms with Crippen LogP contribution in [0.25, 0.3) is 0 Å². The SMILES string of the molecule is CC1CCCCN1C(=O)c1ccc(N2C(=O)CCC2=O)cc1. The normalized spacial score (nSPS) is 22.3. The largest absolute Gasteiger partial charge is 0.336 e. The molecule has 3 rings (SSSR count). The van der Waals surface area contributed by atoms with Crippen molar-refractivity contribution in [3.63, 3.8) is 0 Å². The summed E-state index contributed by atoms with van der Waals surface area (Å²) in [4.78, 5) is 39.1. The van der Waals surface area contributed by atoms with Crippen LogP contribution in [0.2, 0.25) is 0 Å². The number of nitrogens with zero attached hydrogens (tertiary/aromatic N) is 2. The third-order valence-electron chi connectivity index (χ3n) is 4.49. The van der Waals surface area contributed by atoms with Crippen LogP contribution in [0.5, 0.6) is 0 Å². The zero-order valence-electron chi connectivity index (χ0n) is 12.7. The van der Waals surface area contributed by atoms with Crippen molar-refractivity contribution in [3.05, 3.63) is 29.8 Å². The van der Waals surface area contributed by atoms with Gasteiger partial charge in [0.2, 0.25) is 11.8 Å². The maximum Gasteiger partial charge on any atom is 0.254 e. The van der Waals surface area contributed by atoms with E-state index in [0.29, 0.717) is 11.3 Å². The average molecular weight is 300 g/mol. The Bertz CT molecular complexity index is 593. The molecule has 1 aromatic rings. The third kappa shape index (κ3) is 2.63. The molecule has 5 heteroatoms. The Labute approximate surface area is 129 Å². The molecular formula is C17H20N2O3. The highest BCUT2D eigenvalue weighted by Gasteiger charge is 2.30. The Kier molecular flexibility index (Phi) is 3.96. The molecule has 1 aromatic carbocycles. The van der Waals surface area contributed by atoms with E-state index >= 15 is 0 Å². The van der Waals surface area contributed by atoms with Gasteiger partial charge in [-0.25, -0.2) is 0 Å². The van der Waals surface area contributed by atoms with E-state index in [-0.39, 0.29) is 36.6 Å². The van der Waals surface area contributed by atoms with E-state index in [4.69, 9.17) is 0 Å². The molecule has 22 heavy (non-hydrogen) atoms. The maximum absolute atomic E-state index is 12.5. The molecule has 2 aliphatic rings. The molecule has 2 aliphatic heterocycles. The number of hydrogen-bond donors (Lipinski definition) is 0. The van der Waals surface area contributed by atoms with Gasteiger partial charge < -0.3 is 4.90 Å². The first kappa shape index (κ1) is 14.8. The highest BCUT2D eigenvalue weighted by atomic mass is 16.2. The summed E-state index contributed by atoms with van der Waals surface area (Å²) in [6, 6.07) is 7.05. The van der Waals surface area contributed by atoms with E-state index in [1.165, 1.54) is 11.3 Å². The van der Waals surface area contributed by atoms with Gasteiger partial charge in [-0.2, -0.15) is 0 Å². The minimum absolute atomic E-state index is 0.0258. The molecule has 1 unspecified atom stereocenters. The number of piperidine rings is 1. The zero-order valence-corrected chi connectivity index (χ0v) is 12.7. The van der Waals surface area contributed by atoms with Crippen LogP contribution in [0.1, 0.15) is 49.4 Å². The number of imide groups is 1. The first-order valence-electron chi connectivity index (χ1n) is 7.85. The minimum Gasteiger partial charge on any atom is -0.336 e. The van der Waals surface area contributed by atoms with Crippen LogP contribution in [0.3, 0.4) is 0 Å². The van der Waals surface area contributed by atoms with Gasteiger partial charge in [-0.05, 0) is 50.5 Å². The summed E-state index contributed by atoms with van der Waals surface area (Å²) >= 11 is 0. The summed E-state index contributed by atoms with van der Waals surface area (Å²) in [6.45, 7) is 2.87. The van der Waals surface area contributed by atoms with Crippen LogP contribution in [-0.2, 0) is 9.59 Å². The number of carbonyl (C=O) groups excluding carboxylic acids is 3. The summed E-state index contributed by atoms with van der Waals surface area (Å²) in [5, 5.41) is 0. The van der Waals surface area contributed by atoms with Crippen molar-refractivity contribution in [1.29, 1.82) is 0 Å². The van der Waals surface area contributed by atoms with Crippen molar-refractivity contribution in [1.82, 2.24) is 4.90 Å². The second-order valence-electron chi connectivity index (χ2n) is 6.01. The van der Waals surface area contributed by atoms with Crippen molar-refractivity contribution in [3.8, 4) is 0 Å². The minimum atomic E-state index is -0.172. The van der Waals surface area contributed by atoms with Gasteiger partial charge in [0.1, 0.15) is 0 Å². The Morgan fingerprint density at radius 1 is 1.05 bits per heavy atom. The van der Waals surface area contributed by atoms with Crippen LogP contribution in [0.15, 0.2) is 24.3 Å². The second kappa shape index (κ2) is 5.91. The van der Waals surface area contributed by atoms with Crippen molar-refractivity contribution >= 4 is 23.4 Å². The van der Waals surface area contributed by atoms with Gasteiger partial charge in [-0.15, -0.1) is 0 Å². The predicted octanol–water partition coefficient (Wildman–Crippen LogP) is 2.35. The Morgan fingerprint density at radius 2 is 1.68 bits per heavy atom. The number of benzene rings is 1. The molecule has 1 atom stereocenters. The van der Waals surface area contributed by atoms with E-state index in [9.17, 15) is 14.4 Å². The number of anilines is 1. The molecule has 3 amide bonds. The highest BCUT2D eigenvalue weighted by Crippen LogP contribution is 2.24. The summed E-state index contributed by atoms with van der Waals surface area (Å²) in [7, 11) is 0. The topological polar surface area (TPSA) is 57.7 Å². The van der Waals surface area contributed by atoms with Gasteiger partial charge in [0.25, 0.3) is 5.91 Å². The molecule has 2 saturated heterocycles. The first-order chi connectivity index (χ1) is 10.6. The van der Waals surface area contributed by atoms with Gasteiger partial charge in [-0.1, -0.05) is 0 Å². The fourth-order valence-electron chi connectivity index (χ4n) is 3.18. The number of likely N-dealkylation sites (tertiary alicyclic amines) is 1. The van der Waals surface area contributed by atoms with Crippen LogP contribution in [0, 0.1) is 0 Å². The predicted molar refractivity (Wildman–Crippen MR) is 82.5 cm³/mol. The standard InChI is InChI=1S/C17H20N2O3/c1-12-4-2-3-11-18(12)17(22)13-5-7-14(8-6-13)19-15(20)9-10-16(19)21/h5-8,12H,2-4,9-11H2,1H3. The van der Waals surface area contributed by atoms with Crippen molar-refractivity contribution in [2.24, 2.45) is 0 Å². The molecule has 0 aliphatic carbocycles. The van der Waals surface area contributed by atoms with Crippen LogP contribution in [0.4, 0.5) is 5.69 Å². The molecule has 0 aromatic heterocycles. The van der Waals surface area contributed by atoms with Crippen molar-refractivity contribution in [2.45, 2.75) is 45.1 Å². The lowest BCUT2D eigenvalue weighted by Gasteiger charge is -2.33. The van der Waals surface area contributed by atoms with E-state index < -0.39 is 0 Å². The Morgan fingerprint density at radius 3 is 2.27 bits per heavy atom. The van der Waals surface area contributed by atoms with E-state index in [1.54, 1.807) is 24.3 Å². The number of carbonyl (C=O) groups is 3. The quantitative estimate of drug-likeness (QED) is 0.788. The van der Waals surface area contributed by atoms with Gasteiger partial charge in [0.05, 0.1) is 5.69 Å². The number of amides is 3. The van der Waals surface area contributed by atoms with E-state index in [0.717, 1.165) is 19.4 Å². The molecule has 0 N–H and O–H groups in total. The molecule has 5 nitrogen and oxygen atoms in total. The second-order valence-corrected chi connectivity index (χ2v) is 6.01. The fourth-order valence-corrected chi connectivity index (χ4v) is 3.18. The Hall–Kier alpha value is -2.17. The molecule has 0 bridgehead atoms. The van der Waals surface area contributed by atoms with Crippen molar-refractivity contribution < 1.29 is 14.4 Å². The highest BCUT2D eigenvalue weighted by molar-refractivity contribution is 6.19. The van der Waals surface area contributed by atoms with Crippen molar-refractivity contribution in [2.75, 3.05) is 11.4 Å². The monoisotopic (exact) mass is 300 g/mol. The van der Waals surface area contributed by atoms with Gasteiger partial charge in [0, 0.05) is 31.0 Å². The molecule has 116 valence electrons. The van der Waals surface area contributed by atoms with Crippen LogP contribution in [-0.4, -0.2) is 35.2 Å². The fraction of sp³-hybridized carbons (Fsp3) is 0.471. The number of rotatable bonds is 2. The average Bonchev–Trinajstić information content (AvgIpc) is 2.86. The number of hydrogen-bond acceptors (Lipinski definition) is 3. The molecular weight excluding hydrogens is 280 g/mol.